The monoisotopic (exact) mass is 902 g/mol. The SMILES string of the molecule is C.C.CC.CC1(C)C(/C=C/C=C/C=C2\N(CCCS(=O)(=O)[O-])c3ccccc3C2(C)CCCCCC(=O)ON2C(=O)CCC2=O)=[N+](CCCS(=O)(=O)O)c2ccccc21.CCN. The maximum Gasteiger partial charge on any atom is 0.333 e. The van der Waals surface area contributed by atoms with Gasteiger partial charge in [-0.05, 0) is 64.3 Å². The fourth-order valence-corrected chi connectivity index (χ4v) is 8.77. The van der Waals surface area contributed by atoms with E-state index in [-0.39, 0.29) is 58.1 Å². The molecule has 0 saturated carbocycles. The van der Waals surface area contributed by atoms with Crippen LogP contribution in [0.25, 0.3) is 0 Å². The maximum atomic E-state index is 12.4. The number of hydroxylamine groups is 2. The van der Waals surface area contributed by atoms with Crippen molar-refractivity contribution in [2.45, 2.75) is 125 Å². The molecular formula is C46H70N4O10S2. The number of rotatable bonds is 18. The molecule has 346 valence electrons. The Morgan fingerprint density at radius 2 is 1.47 bits per heavy atom. The van der Waals surface area contributed by atoms with Crippen LogP contribution >= 0.6 is 0 Å². The number of para-hydroxylation sites is 2. The predicted molar refractivity (Wildman–Crippen MR) is 247 cm³/mol. The molecule has 62 heavy (non-hydrogen) atoms. The van der Waals surface area contributed by atoms with Crippen molar-refractivity contribution >= 4 is 55.1 Å². The minimum atomic E-state index is -4.41. The van der Waals surface area contributed by atoms with Gasteiger partial charge in [0.25, 0.3) is 21.9 Å². The van der Waals surface area contributed by atoms with Crippen molar-refractivity contribution in [3.05, 3.63) is 95.7 Å². The number of fused-ring (bicyclic) bond motifs is 2. The molecule has 5 rings (SSSR count). The first kappa shape index (κ1) is 55.5. The molecule has 0 spiro atoms. The molecule has 16 heteroatoms. The van der Waals surface area contributed by atoms with Crippen molar-refractivity contribution in [2.24, 2.45) is 5.73 Å². The highest BCUT2D eigenvalue weighted by atomic mass is 32.2. The Balaban J connectivity index is 0.00000263. The van der Waals surface area contributed by atoms with Gasteiger partial charge in [0.05, 0.1) is 21.3 Å². The van der Waals surface area contributed by atoms with Crippen LogP contribution in [0.15, 0.2) is 84.6 Å². The third-order valence-electron chi connectivity index (χ3n) is 10.5. The van der Waals surface area contributed by atoms with Crippen molar-refractivity contribution in [1.82, 2.24) is 5.06 Å². The lowest BCUT2D eigenvalue weighted by Crippen LogP contribution is -2.32. The molecule has 2 amide bonds. The molecule has 1 saturated heterocycles. The Morgan fingerprint density at radius 1 is 0.871 bits per heavy atom. The molecule has 0 bridgehead atoms. The number of unbranched alkanes of at least 4 members (excludes halogenated alkanes) is 2. The number of hydrogen-bond acceptors (Lipinski definition) is 11. The second kappa shape index (κ2) is 25.0. The zero-order valence-corrected chi connectivity index (χ0v) is 37.4. The zero-order chi connectivity index (χ0) is 44.7. The van der Waals surface area contributed by atoms with Crippen LogP contribution in [0.3, 0.4) is 0 Å². The third kappa shape index (κ3) is 14.8. The number of carbonyl (C=O) groups is 3. The van der Waals surface area contributed by atoms with E-state index >= 15 is 0 Å². The number of anilines is 1. The number of nitrogens with two attached hydrogens (primary N) is 1. The van der Waals surface area contributed by atoms with Crippen LogP contribution in [-0.4, -0.2) is 90.2 Å². The second-order valence-electron chi connectivity index (χ2n) is 15.2. The fraction of sp³-hybridized carbons (Fsp3) is 0.522. The number of imide groups is 1. The van der Waals surface area contributed by atoms with Gasteiger partial charge in [-0.15, -0.1) is 5.06 Å². The average molecular weight is 903 g/mol. The van der Waals surface area contributed by atoms with E-state index in [1.165, 1.54) is 0 Å². The van der Waals surface area contributed by atoms with Gasteiger partial charge >= 0.3 is 5.97 Å². The van der Waals surface area contributed by atoms with Crippen molar-refractivity contribution in [1.29, 1.82) is 0 Å². The summed E-state index contributed by atoms with van der Waals surface area (Å²) in [5.74, 6) is -2.51. The summed E-state index contributed by atoms with van der Waals surface area (Å²) in [6.45, 7) is 13.7. The average Bonchev–Trinajstić information content (AvgIpc) is 3.71. The van der Waals surface area contributed by atoms with Crippen LogP contribution in [0.1, 0.15) is 125 Å². The molecule has 3 aliphatic rings. The van der Waals surface area contributed by atoms with Gasteiger partial charge in [-0.2, -0.15) is 13.0 Å². The topological polar surface area (TPSA) is 208 Å². The fourth-order valence-electron chi connectivity index (χ4n) is 7.79. The Labute approximate surface area is 371 Å². The van der Waals surface area contributed by atoms with E-state index in [0.717, 1.165) is 46.9 Å². The summed E-state index contributed by atoms with van der Waals surface area (Å²) in [5.41, 5.74) is 9.96. The van der Waals surface area contributed by atoms with E-state index in [4.69, 9.17) is 10.6 Å². The molecule has 0 radical (unpaired) electrons. The number of hydrogen-bond donors (Lipinski definition) is 2. The molecule has 1 fully saturated rings. The first-order valence-electron chi connectivity index (χ1n) is 20.7. The third-order valence-corrected chi connectivity index (χ3v) is 12.1. The molecule has 14 nitrogen and oxygen atoms in total. The van der Waals surface area contributed by atoms with E-state index in [9.17, 15) is 40.3 Å². The minimum absolute atomic E-state index is 0. The molecular weight excluding hydrogens is 833 g/mol. The van der Waals surface area contributed by atoms with E-state index in [1.54, 1.807) is 0 Å². The summed E-state index contributed by atoms with van der Waals surface area (Å²) in [4.78, 5) is 43.0. The molecule has 2 aromatic carbocycles. The van der Waals surface area contributed by atoms with Gasteiger partial charge in [0, 0.05) is 72.5 Å². The van der Waals surface area contributed by atoms with Gasteiger partial charge in [-0.25, -0.2) is 13.2 Å². The summed E-state index contributed by atoms with van der Waals surface area (Å²) in [5, 5.41) is 0.557. The normalized spacial score (nSPS) is 18.5. The van der Waals surface area contributed by atoms with Crippen LogP contribution in [0, 0.1) is 0 Å². The number of amides is 2. The number of nitrogens with zero attached hydrogens (tertiary/aromatic N) is 3. The highest BCUT2D eigenvalue weighted by Crippen LogP contribution is 2.50. The number of allylic oxidation sites excluding steroid dienone is 6. The predicted octanol–water partition coefficient (Wildman–Crippen LogP) is 7.87. The Morgan fingerprint density at radius 3 is 2.08 bits per heavy atom. The lowest BCUT2D eigenvalue weighted by molar-refractivity contribution is -0.437. The largest absolute Gasteiger partial charge is 0.748 e. The van der Waals surface area contributed by atoms with Gasteiger partial charge in [0.1, 0.15) is 6.54 Å². The molecule has 0 aromatic heterocycles. The molecule has 1 atom stereocenters. The van der Waals surface area contributed by atoms with Crippen molar-refractivity contribution in [3.8, 4) is 0 Å². The van der Waals surface area contributed by atoms with Crippen LogP contribution in [0.2, 0.25) is 0 Å². The van der Waals surface area contributed by atoms with E-state index < -0.39 is 49.2 Å². The molecule has 3 heterocycles. The summed E-state index contributed by atoms with van der Waals surface area (Å²) < 4.78 is 68.9. The van der Waals surface area contributed by atoms with Crippen LogP contribution in [0.4, 0.5) is 11.4 Å². The first-order chi connectivity index (χ1) is 28.3. The van der Waals surface area contributed by atoms with E-state index in [0.29, 0.717) is 37.4 Å². The Bertz CT molecular complexity index is 2160. The molecule has 3 aliphatic heterocycles. The van der Waals surface area contributed by atoms with E-state index in [2.05, 4.69) is 36.3 Å². The first-order valence-corrected chi connectivity index (χ1v) is 23.8. The summed E-state index contributed by atoms with van der Waals surface area (Å²) in [6.07, 6.45) is 12.8. The minimum Gasteiger partial charge on any atom is -0.748 e. The summed E-state index contributed by atoms with van der Waals surface area (Å²) in [6, 6.07) is 15.9. The van der Waals surface area contributed by atoms with Crippen LogP contribution in [-0.2, 0) is 50.3 Å². The molecule has 2 aromatic rings. The molecule has 1 unspecified atom stereocenters. The zero-order valence-electron chi connectivity index (χ0n) is 35.8. The van der Waals surface area contributed by atoms with Crippen LogP contribution in [0.5, 0.6) is 0 Å². The maximum absolute atomic E-state index is 12.4. The van der Waals surface area contributed by atoms with Gasteiger partial charge in [-0.1, -0.05) is 103 Å². The molecule has 3 N–H and O–H groups in total. The van der Waals surface area contributed by atoms with Gasteiger partial charge in [-0.3, -0.25) is 14.1 Å². The quantitative estimate of drug-likeness (QED) is 0.0482. The lowest BCUT2D eigenvalue weighted by Gasteiger charge is -2.30. The van der Waals surface area contributed by atoms with Crippen molar-refractivity contribution in [2.75, 3.05) is 36.0 Å². The second-order valence-corrected chi connectivity index (χ2v) is 18.3. The Hall–Kier alpha value is -4.48. The van der Waals surface area contributed by atoms with E-state index in [1.807, 2.05) is 93.6 Å². The van der Waals surface area contributed by atoms with Gasteiger partial charge in [0.15, 0.2) is 5.71 Å². The smallest absolute Gasteiger partial charge is 0.333 e. The molecule has 0 aliphatic carbocycles. The summed E-state index contributed by atoms with van der Waals surface area (Å²) >= 11 is 0. The Kier molecular flexibility index (Phi) is 22.4. The number of carbonyl (C=O) groups excluding carboxylic acids is 3. The van der Waals surface area contributed by atoms with Crippen molar-refractivity contribution < 1.29 is 49.7 Å². The number of benzene rings is 2. The van der Waals surface area contributed by atoms with Gasteiger partial charge in [0.2, 0.25) is 5.69 Å². The van der Waals surface area contributed by atoms with Gasteiger partial charge < -0.3 is 20.0 Å². The highest BCUT2D eigenvalue weighted by Gasteiger charge is 2.44. The summed E-state index contributed by atoms with van der Waals surface area (Å²) in [7, 11) is -8.51. The van der Waals surface area contributed by atoms with Crippen molar-refractivity contribution in [3.63, 3.8) is 0 Å². The lowest BCUT2D eigenvalue weighted by atomic mass is 9.77. The standard InChI is InChI=1S/C40H49N3O10S2.C2H7N.C2H6.2CH4/c1-39(2)30-16-9-11-18-32(30)41(26-14-28-54(47,48)49)34(39)20-6-4-7-21-35-40(3,25-13-5-8-22-38(46)53-43-36(44)23-24-37(43)45)31-17-10-12-19-33(31)42(35)27-15-29-55(50,51)52;1-2-3;1-2;;/h4,6-7,9-12,16-21H,5,8,13-15,22-29H2,1-3H3,(H-,47,48,49,50,51,52);2-3H2,1H3;1-2H3;2*1H4. The highest BCUT2D eigenvalue weighted by molar-refractivity contribution is 7.85. The van der Waals surface area contributed by atoms with Crippen LogP contribution < -0.4 is 10.6 Å².